The molecule has 110 valence electrons. The summed E-state index contributed by atoms with van der Waals surface area (Å²) in [5.41, 5.74) is 1.43. The Morgan fingerprint density at radius 2 is 2.14 bits per heavy atom. The van der Waals surface area contributed by atoms with Crippen LogP contribution in [0, 0.1) is 16.7 Å². The molecule has 21 heavy (non-hydrogen) atoms. The third-order valence-corrected chi connectivity index (χ3v) is 4.60. The average Bonchev–Trinajstić information content (AvgIpc) is 2.83. The van der Waals surface area contributed by atoms with Gasteiger partial charge in [-0.05, 0) is 43.5 Å². The Kier molecular flexibility index (Phi) is 3.56. The zero-order chi connectivity index (χ0) is 14.9. The predicted octanol–water partition coefficient (Wildman–Crippen LogP) is 1.67. The molecule has 2 aliphatic heterocycles. The maximum absolute atomic E-state index is 12.4. The van der Waals surface area contributed by atoms with E-state index in [1.807, 2.05) is 11.0 Å². The number of carbonyl (C=O) groups is 1. The van der Waals surface area contributed by atoms with Crippen LogP contribution in [-0.4, -0.2) is 32.7 Å². The summed E-state index contributed by atoms with van der Waals surface area (Å²) in [6, 6.07) is 7.43. The molecule has 0 unspecified atom stereocenters. The minimum atomic E-state index is 0.115. The fourth-order valence-corrected chi connectivity index (χ4v) is 3.36. The Morgan fingerprint density at radius 1 is 1.38 bits per heavy atom. The van der Waals surface area contributed by atoms with Crippen molar-refractivity contribution < 1.29 is 9.53 Å². The monoisotopic (exact) mass is 285 g/mol. The Labute approximate surface area is 124 Å². The van der Waals surface area contributed by atoms with Gasteiger partial charge in [-0.1, -0.05) is 0 Å². The van der Waals surface area contributed by atoms with E-state index in [0.29, 0.717) is 17.7 Å². The molecule has 0 aliphatic carbocycles. The van der Waals surface area contributed by atoms with Gasteiger partial charge in [0.2, 0.25) is 5.91 Å². The van der Waals surface area contributed by atoms with Crippen molar-refractivity contribution in [2.75, 3.05) is 31.6 Å². The molecule has 5 nitrogen and oxygen atoms in total. The molecular formula is C16H19N3O2. The van der Waals surface area contributed by atoms with Crippen LogP contribution in [0.2, 0.25) is 0 Å². The summed E-state index contributed by atoms with van der Waals surface area (Å²) >= 11 is 0. The average molecular weight is 285 g/mol. The first-order chi connectivity index (χ1) is 10.2. The number of piperidine rings is 1. The van der Waals surface area contributed by atoms with Crippen LogP contribution in [0.3, 0.4) is 0 Å². The first-order valence-corrected chi connectivity index (χ1v) is 7.27. The topological polar surface area (TPSA) is 65.4 Å². The first kappa shape index (κ1) is 13.9. The van der Waals surface area contributed by atoms with Crippen molar-refractivity contribution in [1.82, 2.24) is 5.32 Å². The van der Waals surface area contributed by atoms with Crippen LogP contribution in [0.25, 0.3) is 0 Å². The largest absolute Gasteiger partial charge is 0.495 e. The predicted molar refractivity (Wildman–Crippen MR) is 79.2 cm³/mol. The highest BCUT2D eigenvalue weighted by Gasteiger charge is 2.44. The van der Waals surface area contributed by atoms with Crippen LogP contribution in [0.5, 0.6) is 5.75 Å². The number of nitrogens with one attached hydrogen (secondary N) is 1. The number of hydrogen-bond donors (Lipinski definition) is 1. The molecule has 2 fully saturated rings. The zero-order valence-corrected chi connectivity index (χ0v) is 12.2. The second-order valence-electron chi connectivity index (χ2n) is 5.90. The van der Waals surface area contributed by atoms with Crippen molar-refractivity contribution in [2.45, 2.75) is 19.3 Å². The molecule has 0 bridgehead atoms. The van der Waals surface area contributed by atoms with Crippen LogP contribution in [-0.2, 0) is 4.79 Å². The fraction of sp³-hybridized carbons (Fsp3) is 0.500. The molecule has 1 aromatic rings. The lowest BCUT2D eigenvalue weighted by Crippen LogP contribution is -2.38. The van der Waals surface area contributed by atoms with Gasteiger partial charge in [0.1, 0.15) is 11.8 Å². The summed E-state index contributed by atoms with van der Waals surface area (Å²) in [6.07, 6.45) is 2.71. The molecule has 1 N–H and O–H groups in total. The summed E-state index contributed by atoms with van der Waals surface area (Å²) in [6.45, 7) is 2.73. The lowest BCUT2D eigenvalue weighted by Gasteiger charge is -2.33. The Balaban J connectivity index is 1.87. The number of methoxy groups -OCH3 is 1. The van der Waals surface area contributed by atoms with E-state index in [9.17, 15) is 4.79 Å². The lowest BCUT2D eigenvalue weighted by atomic mass is 9.78. The van der Waals surface area contributed by atoms with E-state index in [4.69, 9.17) is 10.00 Å². The lowest BCUT2D eigenvalue weighted by molar-refractivity contribution is -0.117. The normalized spacial score (nSPS) is 20.6. The molecule has 0 saturated carbocycles. The maximum atomic E-state index is 12.4. The van der Waals surface area contributed by atoms with E-state index in [1.54, 1.807) is 19.2 Å². The number of benzene rings is 1. The molecule has 2 aliphatic rings. The third-order valence-electron chi connectivity index (χ3n) is 4.60. The quantitative estimate of drug-likeness (QED) is 0.897. The van der Waals surface area contributed by atoms with E-state index in [2.05, 4.69) is 11.4 Å². The van der Waals surface area contributed by atoms with Gasteiger partial charge in [0, 0.05) is 24.7 Å². The van der Waals surface area contributed by atoms with Crippen molar-refractivity contribution >= 4 is 11.6 Å². The molecule has 5 heteroatoms. The van der Waals surface area contributed by atoms with E-state index in [-0.39, 0.29) is 11.3 Å². The molecule has 2 heterocycles. The number of nitriles is 1. The molecular weight excluding hydrogens is 266 g/mol. The van der Waals surface area contributed by atoms with Crippen LogP contribution < -0.4 is 15.0 Å². The summed E-state index contributed by atoms with van der Waals surface area (Å²) < 4.78 is 5.24. The molecule has 1 amide bonds. The number of nitrogens with zero attached hydrogens (tertiary/aromatic N) is 2. The molecule has 0 radical (unpaired) electrons. The number of amides is 1. The standard InChI is InChI=1S/C16H19N3O2/c1-21-14-8-13(3-2-12(14)10-17)19-11-16(9-15(19)20)4-6-18-7-5-16/h2-3,8,18H,4-7,9,11H2,1H3. The Hall–Kier alpha value is -2.06. The summed E-state index contributed by atoms with van der Waals surface area (Å²) in [5, 5.41) is 12.4. The first-order valence-electron chi connectivity index (χ1n) is 7.27. The maximum Gasteiger partial charge on any atom is 0.227 e. The summed E-state index contributed by atoms with van der Waals surface area (Å²) in [5.74, 6) is 0.692. The van der Waals surface area contributed by atoms with Crippen molar-refractivity contribution in [3.8, 4) is 11.8 Å². The van der Waals surface area contributed by atoms with Crippen molar-refractivity contribution in [1.29, 1.82) is 5.26 Å². The smallest absolute Gasteiger partial charge is 0.227 e. The highest BCUT2D eigenvalue weighted by Crippen LogP contribution is 2.41. The fourth-order valence-electron chi connectivity index (χ4n) is 3.36. The number of anilines is 1. The zero-order valence-electron chi connectivity index (χ0n) is 12.2. The van der Waals surface area contributed by atoms with Crippen molar-refractivity contribution in [3.05, 3.63) is 23.8 Å². The van der Waals surface area contributed by atoms with Crippen molar-refractivity contribution in [2.24, 2.45) is 5.41 Å². The van der Waals surface area contributed by atoms with E-state index in [1.165, 1.54) is 0 Å². The Morgan fingerprint density at radius 3 is 2.81 bits per heavy atom. The van der Waals surface area contributed by atoms with Gasteiger partial charge in [0.05, 0.1) is 12.7 Å². The number of rotatable bonds is 2. The van der Waals surface area contributed by atoms with Crippen LogP contribution in [0.15, 0.2) is 18.2 Å². The van der Waals surface area contributed by atoms with Gasteiger partial charge in [0.15, 0.2) is 0 Å². The van der Waals surface area contributed by atoms with Gasteiger partial charge < -0.3 is 15.0 Å². The second kappa shape index (κ2) is 5.38. The number of hydrogen-bond acceptors (Lipinski definition) is 4. The SMILES string of the molecule is COc1cc(N2CC3(CCNCC3)CC2=O)ccc1C#N. The van der Waals surface area contributed by atoms with Gasteiger partial charge in [-0.15, -0.1) is 0 Å². The minimum Gasteiger partial charge on any atom is -0.495 e. The molecule has 1 aromatic carbocycles. The molecule has 0 aromatic heterocycles. The van der Waals surface area contributed by atoms with Crippen LogP contribution in [0.1, 0.15) is 24.8 Å². The molecule has 1 spiro atoms. The minimum absolute atomic E-state index is 0.115. The van der Waals surface area contributed by atoms with Gasteiger partial charge in [-0.2, -0.15) is 5.26 Å². The number of carbonyl (C=O) groups excluding carboxylic acids is 1. The van der Waals surface area contributed by atoms with Gasteiger partial charge >= 0.3 is 0 Å². The molecule has 2 saturated heterocycles. The van der Waals surface area contributed by atoms with Gasteiger partial charge in [0.25, 0.3) is 0 Å². The second-order valence-corrected chi connectivity index (χ2v) is 5.90. The highest BCUT2D eigenvalue weighted by atomic mass is 16.5. The van der Waals surface area contributed by atoms with Crippen molar-refractivity contribution in [3.63, 3.8) is 0 Å². The third kappa shape index (κ3) is 2.47. The van der Waals surface area contributed by atoms with Gasteiger partial charge in [-0.25, -0.2) is 0 Å². The van der Waals surface area contributed by atoms with Gasteiger partial charge in [-0.3, -0.25) is 4.79 Å². The summed E-state index contributed by atoms with van der Waals surface area (Å²) in [4.78, 5) is 14.2. The molecule has 3 rings (SSSR count). The van der Waals surface area contributed by atoms with E-state index in [0.717, 1.165) is 38.2 Å². The van der Waals surface area contributed by atoms with Crippen LogP contribution >= 0.6 is 0 Å². The van der Waals surface area contributed by atoms with E-state index >= 15 is 0 Å². The van der Waals surface area contributed by atoms with Crippen LogP contribution in [0.4, 0.5) is 5.69 Å². The summed E-state index contributed by atoms with van der Waals surface area (Å²) in [7, 11) is 1.54. The highest BCUT2D eigenvalue weighted by molar-refractivity contribution is 5.96. The van der Waals surface area contributed by atoms with E-state index < -0.39 is 0 Å². The Bertz CT molecular complexity index is 600. The molecule has 0 atom stereocenters. The number of ether oxygens (including phenoxy) is 1.